The Hall–Kier alpha value is -3.80. The van der Waals surface area contributed by atoms with Crippen LogP contribution in [0.25, 0.3) is 11.1 Å². The molecule has 5 aromatic rings. The van der Waals surface area contributed by atoms with Crippen LogP contribution in [-0.2, 0) is 0 Å². The summed E-state index contributed by atoms with van der Waals surface area (Å²) in [6.07, 6.45) is 0.881. The van der Waals surface area contributed by atoms with Crippen molar-refractivity contribution in [2.45, 2.75) is 0 Å². The van der Waals surface area contributed by atoms with Gasteiger partial charge in [0.2, 0.25) is 0 Å². The van der Waals surface area contributed by atoms with Crippen molar-refractivity contribution in [3.63, 3.8) is 0 Å². The minimum atomic E-state index is -2.48. The van der Waals surface area contributed by atoms with E-state index in [2.05, 4.69) is 115 Å². The van der Waals surface area contributed by atoms with E-state index in [1.165, 1.54) is 21.2 Å². The van der Waals surface area contributed by atoms with Crippen molar-refractivity contribution in [2.24, 2.45) is 0 Å². The molecule has 0 fully saturated rings. The zero-order valence-electron chi connectivity index (χ0n) is 18.3. The van der Waals surface area contributed by atoms with Crippen molar-refractivity contribution in [2.75, 3.05) is 0 Å². The van der Waals surface area contributed by atoms with E-state index in [0.717, 1.165) is 17.4 Å². The van der Waals surface area contributed by atoms with Crippen molar-refractivity contribution in [3.8, 4) is 11.1 Å². The van der Waals surface area contributed by atoms with Crippen molar-refractivity contribution >= 4 is 34.8 Å². The van der Waals surface area contributed by atoms with Gasteiger partial charge in [-0.25, -0.2) is 0 Å². The van der Waals surface area contributed by atoms with Gasteiger partial charge in [0.05, 0.1) is 0 Å². The summed E-state index contributed by atoms with van der Waals surface area (Å²) in [5.74, 6) is 0. The summed E-state index contributed by atoms with van der Waals surface area (Å²) in [7, 11) is -2.48. The van der Waals surface area contributed by atoms with Crippen LogP contribution in [0.3, 0.4) is 0 Å². The molecule has 160 valence electrons. The second-order valence-corrected chi connectivity index (χ2v) is 12.0. The summed E-state index contributed by atoms with van der Waals surface area (Å²) in [5.41, 5.74) is 2.95. The van der Waals surface area contributed by atoms with Gasteiger partial charge >= 0.3 is 196 Å². The quantitative estimate of drug-likeness (QED) is 0.249. The van der Waals surface area contributed by atoms with E-state index in [-0.39, 0.29) is 0 Å². The summed E-state index contributed by atoms with van der Waals surface area (Å²) in [6.45, 7) is 0. The zero-order chi connectivity index (χ0) is 22.5. The molecule has 1 nitrogen and oxygen atoms in total. The third-order valence-corrected chi connectivity index (χ3v) is 11.1. The fourth-order valence-electron chi connectivity index (χ4n) is 4.73. The Balaban J connectivity index is 1.73. The zero-order valence-corrected chi connectivity index (χ0v) is 19.3. The molecule has 0 aromatic heterocycles. The molecule has 0 amide bonds. The van der Waals surface area contributed by atoms with Gasteiger partial charge in [-0.2, -0.15) is 0 Å². The van der Waals surface area contributed by atoms with Crippen LogP contribution >= 0.6 is 7.26 Å². The topological polar surface area (TPSA) is 17.1 Å². The first kappa shape index (κ1) is 21.1. The normalized spacial score (nSPS) is 11.6. The van der Waals surface area contributed by atoms with Crippen LogP contribution in [0.1, 0.15) is 10.4 Å². The number of carbonyl (C=O) groups is 1. The molecule has 0 unspecified atom stereocenters. The Labute approximate surface area is 195 Å². The third-order valence-electron chi connectivity index (χ3n) is 6.32. The summed E-state index contributed by atoms with van der Waals surface area (Å²) in [4.78, 5) is 11.0. The molecular formula is C31H25OP. The molecule has 0 aliphatic heterocycles. The Morgan fingerprint density at radius 2 is 0.727 bits per heavy atom. The van der Waals surface area contributed by atoms with E-state index in [9.17, 15) is 4.79 Å². The van der Waals surface area contributed by atoms with Crippen molar-refractivity contribution in [1.82, 2.24) is 0 Å². The number of carbonyl (C=O) groups excluding carboxylic acids is 1. The maximum atomic E-state index is 11.0. The number of rotatable bonds is 6. The standard InChI is InChI=1S/C31H25OP/c32-24-25-16-18-26(19-17-25)27-20-22-31(23-21-27)33(28-10-4-1-5-11-28,29-12-6-2-7-13-29)30-14-8-3-9-15-30/h1-24,33H. The van der Waals surface area contributed by atoms with Crippen LogP contribution in [0.4, 0.5) is 0 Å². The van der Waals surface area contributed by atoms with E-state index in [0.29, 0.717) is 5.56 Å². The fourth-order valence-corrected chi connectivity index (χ4v) is 9.48. The number of hydrogen-bond acceptors (Lipinski definition) is 1. The first-order valence-corrected chi connectivity index (χ1v) is 13.1. The second-order valence-electron chi connectivity index (χ2n) is 8.17. The Morgan fingerprint density at radius 3 is 1.09 bits per heavy atom. The number of benzene rings is 5. The van der Waals surface area contributed by atoms with Gasteiger partial charge in [0, 0.05) is 0 Å². The van der Waals surface area contributed by atoms with Crippen LogP contribution in [-0.4, -0.2) is 6.29 Å². The molecule has 0 heterocycles. The van der Waals surface area contributed by atoms with Crippen molar-refractivity contribution in [3.05, 3.63) is 145 Å². The van der Waals surface area contributed by atoms with E-state index in [1.54, 1.807) is 0 Å². The van der Waals surface area contributed by atoms with Crippen molar-refractivity contribution in [1.29, 1.82) is 0 Å². The molecule has 0 atom stereocenters. The Kier molecular flexibility index (Phi) is 5.98. The molecule has 0 saturated carbocycles. The van der Waals surface area contributed by atoms with Crippen LogP contribution in [0.5, 0.6) is 0 Å². The van der Waals surface area contributed by atoms with E-state index >= 15 is 0 Å². The monoisotopic (exact) mass is 444 g/mol. The van der Waals surface area contributed by atoms with Gasteiger partial charge in [-0.05, 0) is 0 Å². The van der Waals surface area contributed by atoms with Crippen LogP contribution in [0, 0.1) is 0 Å². The first-order chi connectivity index (χ1) is 16.3. The molecule has 0 spiro atoms. The van der Waals surface area contributed by atoms with Gasteiger partial charge in [0.1, 0.15) is 0 Å². The van der Waals surface area contributed by atoms with Gasteiger partial charge in [0.15, 0.2) is 0 Å². The van der Waals surface area contributed by atoms with Crippen LogP contribution in [0.15, 0.2) is 140 Å². The molecule has 5 aromatic carbocycles. The first-order valence-electron chi connectivity index (χ1n) is 11.1. The molecular weight excluding hydrogens is 419 g/mol. The van der Waals surface area contributed by atoms with E-state index in [1.807, 2.05) is 24.3 Å². The molecule has 5 rings (SSSR count). The molecule has 0 aliphatic rings. The number of hydrogen-bond donors (Lipinski definition) is 0. The molecule has 33 heavy (non-hydrogen) atoms. The van der Waals surface area contributed by atoms with Gasteiger partial charge < -0.3 is 0 Å². The summed E-state index contributed by atoms with van der Waals surface area (Å²) in [5, 5.41) is 5.45. The van der Waals surface area contributed by atoms with Gasteiger partial charge in [-0.1, -0.05) is 0 Å². The molecule has 0 saturated heterocycles. The van der Waals surface area contributed by atoms with Gasteiger partial charge in [-0.3, -0.25) is 0 Å². The molecule has 0 bridgehead atoms. The van der Waals surface area contributed by atoms with Gasteiger partial charge in [-0.15, -0.1) is 0 Å². The Bertz CT molecular complexity index is 1230. The van der Waals surface area contributed by atoms with Gasteiger partial charge in [0.25, 0.3) is 0 Å². The van der Waals surface area contributed by atoms with E-state index in [4.69, 9.17) is 0 Å². The van der Waals surface area contributed by atoms with Crippen molar-refractivity contribution < 1.29 is 4.79 Å². The summed E-state index contributed by atoms with van der Waals surface area (Å²) in [6, 6.07) is 49.6. The maximum absolute atomic E-state index is 11.0. The predicted molar refractivity (Wildman–Crippen MR) is 143 cm³/mol. The molecule has 0 N–H and O–H groups in total. The molecule has 0 radical (unpaired) electrons. The predicted octanol–water partition coefficient (Wildman–Crippen LogP) is 5.52. The minimum absolute atomic E-state index is 0.694. The average molecular weight is 445 g/mol. The second kappa shape index (κ2) is 9.36. The molecule has 0 aliphatic carbocycles. The van der Waals surface area contributed by atoms with E-state index < -0.39 is 7.26 Å². The summed E-state index contributed by atoms with van der Waals surface area (Å²) < 4.78 is 0. The number of aldehydes is 1. The molecule has 2 heteroatoms. The Morgan fingerprint density at radius 1 is 0.394 bits per heavy atom. The average Bonchev–Trinajstić information content (AvgIpc) is 2.91. The van der Waals surface area contributed by atoms with Crippen LogP contribution < -0.4 is 21.2 Å². The third kappa shape index (κ3) is 3.93. The SMILES string of the molecule is O=Cc1ccc(-c2ccc([PH](c3ccccc3)(c3ccccc3)c3ccccc3)cc2)cc1. The fraction of sp³-hybridized carbons (Fsp3) is 0. The van der Waals surface area contributed by atoms with Crippen LogP contribution in [0.2, 0.25) is 0 Å². The summed E-state index contributed by atoms with van der Waals surface area (Å²) >= 11 is 0.